The second-order valence-corrected chi connectivity index (χ2v) is 5.22. The second kappa shape index (κ2) is 8.15. The van der Waals surface area contributed by atoms with Crippen LogP contribution in [0.15, 0.2) is 12.3 Å². The van der Waals surface area contributed by atoms with Gasteiger partial charge in [-0.25, -0.2) is 14.6 Å². The minimum atomic E-state index is -1.07. The first-order chi connectivity index (χ1) is 12.0. The van der Waals surface area contributed by atoms with Crippen LogP contribution in [0, 0.1) is 0 Å². The number of hydrogen-bond acceptors (Lipinski definition) is 9. The molecule has 0 spiro atoms. The van der Waals surface area contributed by atoms with Crippen LogP contribution in [-0.2, 0) is 28.7 Å². The minimum absolute atomic E-state index is 0.00321. The zero-order chi connectivity index (χ0) is 18.4. The fourth-order valence-corrected chi connectivity index (χ4v) is 2.51. The van der Waals surface area contributed by atoms with Gasteiger partial charge in [0.15, 0.2) is 5.82 Å². The highest BCUT2D eigenvalue weighted by molar-refractivity contribution is 7.13. The summed E-state index contributed by atoms with van der Waals surface area (Å²) >= 11 is 1.02. The van der Waals surface area contributed by atoms with Crippen LogP contribution in [-0.4, -0.2) is 46.3 Å². The van der Waals surface area contributed by atoms with Crippen LogP contribution in [0.1, 0.15) is 13.8 Å². The van der Waals surface area contributed by atoms with Crippen LogP contribution in [0.3, 0.4) is 0 Å². The van der Waals surface area contributed by atoms with Crippen LogP contribution in [0.2, 0.25) is 0 Å². The highest BCUT2D eigenvalue weighted by Gasteiger charge is 2.22. The van der Waals surface area contributed by atoms with Crippen molar-refractivity contribution in [3.05, 3.63) is 12.3 Å². The summed E-state index contributed by atoms with van der Waals surface area (Å²) in [6, 6.07) is 1.60. The quantitative estimate of drug-likeness (QED) is 0.596. The fourth-order valence-electron chi connectivity index (χ4n) is 1.78. The molecule has 11 heteroatoms. The number of ether oxygens (including phenoxy) is 2. The Kier molecular flexibility index (Phi) is 5.95. The van der Waals surface area contributed by atoms with Gasteiger partial charge in [-0.15, -0.1) is 0 Å². The summed E-state index contributed by atoms with van der Waals surface area (Å²) < 4.78 is 13.8. The van der Waals surface area contributed by atoms with Crippen molar-refractivity contribution in [3.8, 4) is 0 Å². The van der Waals surface area contributed by atoms with E-state index in [0.29, 0.717) is 4.70 Å². The van der Waals surface area contributed by atoms with Gasteiger partial charge < -0.3 is 14.8 Å². The number of nitrogens with one attached hydrogen (secondary N) is 2. The van der Waals surface area contributed by atoms with Crippen molar-refractivity contribution in [1.82, 2.24) is 9.36 Å². The SMILES string of the molecule is CCOC(=O)C(=O)Nc1nccc2snc(NC(=O)C(=O)OCC)c12. The molecule has 0 unspecified atom stereocenters. The number of hydrogen-bond donors (Lipinski definition) is 2. The topological polar surface area (TPSA) is 137 Å². The number of carbonyl (C=O) groups is 4. The number of nitrogens with zero attached hydrogens (tertiary/aromatic N) is 2. The third-order valence-corrected chi connectivity index (χ3v) is 3.58. The molecule has 0 atom stereocenters. The lowest BCUT2D eigenvalue weighted by Gasteiger charge is -2.07. The lowest BCUT2D eigenvalue weighted by atomic mass is 10.3. The Balaban J connectivity index is 2.29. The van der Waals surface area contributed by atoms with Gasteiger partial charge in [0.05, 0.1) is 23.3 Å². The van der Waals surface area contributed by atoms with E-state index < -0.39 is 23.8 Å². The number of anilines is 2. The van der Waals surface area contributed by atoms with E-state index in [1.165, 1.54) is 6.20 Å². The average Bonchev–Trinajstić information content (AvgIpc) is 2.99. The third kappa shape index (κ3) is 4.26. The number of amides is 2. The molecule has 2 aromatic rings. The van der Waals surface area contributed by atoms with Gasteiger partial charge in [0.2, 0.25) is 0 Å². The Labute approximate surface area is 145 Å². The Morgan fingerprint density at radius 2 is 1.56 bits per heavy atom. The monoisotopic (exact) mass is 366 g/mol. The van der Waals surface area contributed by atoms with Crippen LogP contribution < -0.4 is 10.6 Å². The molecule has 2 heterocycles. The molecule has 2 rings (SSSR count). The smallest absolute Gasteiger partial charge is 0.397 e. The summed E-state index contributed by atoms with van der Waals surface area (Å²) in [7, 11) is 0. The standard InChI is InChI=1S/C14H14N4O6S/c1-3-23-13(21)11(19)16-9-8-7(5-6-15-9)25-18-10(8)17-12(20)14(22)24-4-2/h5-6H,3-4H2,1-2H3,(H,15,16,19)(H,17,18,20). The van der Waals surface area contributed by atoms with Gasteiger partial charge in [-0.2, -0.15) is 4.37 Å². The Hall–Kier alpha value is -3.08. The first kappa shape index (κ1) is 18.3. The second-order valence-electron chi connectivity index (χ2n) is 4.41. The summed E-state index contributed by atoms with van der Waals surface area (Å²) in [4.78, 5) is 50.4. The molecule has 2 amide bonds. The Morgan fingerprint density at radius 1 is 1.00 bits per heavy atom. The van der Waals surface area contributed by atoms with Crippen molar-refractivity contribution in [2.45, 2.75) is 13.8 Å². The molecule has 0 radical (unpaired) electrons. The molecule has 0 aliphatic heterocycles. The maximum Gasteiger partial charge on any atom is 0.397 e. The highest BCUT2D eigenvalue weighted by atomic mass is 32.1. The minimum Gasteiger partial charge on any atom is -0.459 e. The molecule has 132 valence electrons. The predicted molar refractivity (Wildman–Crippen MR) is 87.9 cm³/mol. The van der Waals surface area contributed by atoms with E-state index in [9.17, 15) is 19.2 Å². The summed E-state index contributed by atoms with van der Waals surface area (Å²) in [6.07, 6.45) is 1.40. The van der Waals surface area contributed by atoms with E-state index in [1.54, 1.807) is 19.9 Å². The van der Waals surface area contributed by atoms with Crippen molar-refractivity contribution in [2.75, 3.05) is 23.8 Å². The van der Waals surface area contributed by atoms with Crippen LogP contribution >= 0.6 is 11.5 Å². The van der Waals surface area contributed by atoms with E-state index in [-0.39, 0.29) is 30.2 Å². The van der Waals surface area contributed by atoms with Gasteiger partial charge in [-0.3, -0.25) is 14.9 Å². The molecule has 0 bridgehead atoms. The Bertz CT molecular complexity index is 834. The molecule has 0 aliphatic carbocycles. The maximum absolute atomic E-state index is 11.8. The lowest BCUT2D eigenvalue weighted by Crippen LogP contribution is -2.26. The van der Waals surface area contributed by atoms with Crippen molar-refractivity contribution in [1.29, 1.82) is 0 Å². The Morgan fingerprint density at radius 3 is 2.12 bits per heavy atom. The van der Waals surface area contributed by atoms with Crippen molar-refractivity contribution >= 4 is 57.0 Å². The van der Waals surface area contributed by atoms with E-state index in [1.807, 2.05) is 0 Å². The fraction of sp³-hybridized carbons (Fsp3) is 0.286. The van der Waals surface area contributed by atoms with E-state index in [2.05, 4.69) is 29.5 Å². The number of pyridine rings is 1. The molecule has 0 aromatic carbocycles. The number of fused-ring (bicyclic) bond motifs is 1. The summed E-state index contributed by atoms with van der Waals surface area (Å²) in [5, 5.41) is 4.87. The summed E-state index contributed by atoms with van der Waals surface area (Å²) in [5.41, 5.74) is 0. The van der Waals surface area contributed by atoms with Gasteiger partial charge >= 0.3 is 23.8 Å². The molecule has 25 heavy (non-hydrogen) atoms. The van der Waals surface area contributed by atoms with Crippen molar-refractivity contribution < 1.29 is 28.7 Å². The molecule has 0 aliphatic rings. The maximum atomic E-state index is 11.8. The first-order valence-electron chi connectivity index (χ1n) is 7.18. The molecular weight excluding hydrogens is 352 g/mol. The van der Waals surface area contributed by atoms with E-state index >= 15 is 0 Å². The molecule has 0 saturated heterocycles. The van der Waals surface area contributed by atoms with Crippen molar-refractivity contribution in [2.24, 2.45) is 0 Å². The number of aromatic nitrogens is 2. The van der Waals surface area contributed by atoms with Crippen LogP contribution in [0.25, 0.3) is 10.1 Å². The molecule has 10 nitrogen and oxygen atoms in total. The van der Waals surface area contributed by atoms with E-state index in [4.69, 9.17) is 0 Å². The van der Waals surface area contributed by atoms with Crippen molar-refractivity contribution in [3.63, 3.8) is 0 Å². The number of esters is 2. The van der Waals surface area contributed by atoms with Gasteiger partial charge in [0.25, 0.3) is 0 Å². The normalized spacial score (nSPS) is 10.2. The largest absolute Gasteiger partial charge is 0.459 e. The highest BCUT2D eigenvalue weighted by Crippen LogP contribution is 2.31. The van der Waals surface area contributed by atoms with Gasteiger partial charge in [0, 0.05) is 6.20 Å². The van der Waals surface area contributed by atoms with Crippen LogP contribution in [0.4, 0.5) is 11.6 Å². The zero-order valence-electron chi connectivity index (χ0n) is 13.3. The molecule has 2 N–H and O–H groups in total. The van der Waals surface area contributed by atoms with Gasteiger partial charge in [-0.05, 0) is 31.4 Å². The summed E-state index contributed by atoms with van der Waals surface area (Å²) in [5.74, 6) is -4.14. The zero-order valence-corrected chi connectivity index (χ0v) is 14.1. The average molecular weight is 366 g/mol. The molecular formula is C14H14N4O6S. The van der Waals surface area contributed by atoms with E-state index in [0.717, 1.165) is 11.5 Å². The molecule has 0 fully saturated rings. The lowest BCUT2D eigenvalue weighted by molar-refractivity contribution is -0.152. The van der Waals surface area contributed by atoms with Crippen LogP contribution in [0.5, 0.6) is 0 Å². The van der Waals surface area contributed by atoms with Gasteiger partial charge in [0.1, 0.15) is 5.82 Å². The number of rotatable bonds is 4. The predicted octanol–water partition coefficient (Wildman–Crippen LogP) is 0.694. The summed E-state index contributed by atoms with van der Waals surface area (Å²) in [6.45, 7) is 3.23. The first-order valence-corrected chi connectivity index (χ1v) is 7.95. The van der Waals surface area contributed by atoms with Gasteiger partial charge in [-0.1, -0.05) is 0 Å². The number of carbonyl (C=O) groups excluding carboxylic acids is 4. The third-order valence-electron chi connectivity index (χ3n) is 2.77. The molecule has 2 aromatic heterocycles. The molecule has 0 saturated carbocycles.